The molecule has 1 atom stereocenters. The fourth-order valence-electron chi connectivity index (χ4n) is 1.69. The van der Waals surface area contributed by atoms with Gasteiger partial charge in [-0.3, -0.25) is 0 Å². The Kier molecular flexibility index (Phi) is 9.02. The van der Waals surface area contributed by atoms with E-state index in [2.05, 4.69) is 4.72 Å². The number of nitrogens with one attached hydrogen (secondary N) is 1. The molecule has 0 saturated heterocycles. The summed E-state index contributed by atoms with van der Waals surface area (Å²) in [6.07, 6.45) is -3.34. The first-order valence-corrected chi connectivity index (χ1v) is 8.49. The Labute approximate surface area is 117 Å². The predicted molar refractivity (Wildman–Crippen MR) is 70.8 cm³/mol. The maximum atomic E-state index is 11.9. The summed E-state index contributed by atoms with van der Waals surface area (Å²) in [6, 6.07) is 0. The average molecular weight is 324 g/mol. The number of halogens is 4. The van der Waals surface area contributed by atoms with Crippen LogP contribution < -0.4 is 4.72 Å². The van der Waals surface area contributed by atoms with Gasteiger partial charge in [-0.15, -0.1) is 11.6 Å². The molecule has 3 nitrogen and oxygen atoms in total. The standard InChI is InChI=1S/C11H21ClF3NO2S/c1-2-4-10(5-7-12)9-16-19(17,18)8-3-6-11(13,14)15/h10,16H,2-9H2,1H3. The lowest BCUT2D eigenvalue weighted by Gasteiger charge is -2.15. The molecule has 0 aromatic rings. The third kappa shape index (κ3) is 11.5. The maximum Gasteiger partial charge on any atom is 0.389 e. The van der Waals surface area contributed by atoms with Crippen LogP contribution in [0.15, 0.2) is 0 Å². The number of hydrogen-bond acceptors (Lipinski definition) is 2. The van der Waals surface area contributed by atoms with Crippen molar-refractivity contribution in [1.82, 2.24) is 4.72 Å². The molecule has 0 amide bonds. The van der Waals surface area contributed by atoms with Crippen molar-refractivity contribution in [2.24, 2.45) is 5.92 Å². The lowest BCUT2D eigenvalue weighted by molar-refractivity contribution is -0.134. The summed E-state index contributed by atoms with van der Waals surface area (Å²) in [5, 5.41) is 0. The summed E-state index contributed by atoms with van der Waals surface area (Å²) >= 11 is 5.61. The van der Waals surface area contributed by atoms with Crippen molar-refractivity contribution < 1.29 is 21.6 Å². The normalized spacial score (nSPS) is 14.6. The first kappa shape index (κ1) is 19.0. The molecule has 0 spiro atoms. The minimum atomic E-state index is -4.31. The Bertz CT molecular complexity index is 327. The molecule has 116 valence electrons. The Balaban J connectivity index is 4.07. The highest BCUT2D eigenvalue weighted by atomic mass is 35.5. The summed E-state index contributed by atoms with van der Waals surface area (Å²) in [5.74, 6) is 0.0899. The molecule has 0 aliphatic carbocycles. The lowest BCUT2D eigenvalue weighted by atomic mass is 10.0. The molecule has 0 aliphatic heterocycles. The van der Waals surface area contributed by atoms with E-state index in [0.29, 0.717) is 12.3 Å². The fraction of sp³-hybridized carbons (Fsp3) is 1.00. The van der Waals surface area contributed by atoms with E-state index in [9.17, 15) is 21.6 Å². The van der Waals surface area contributed by atoms with Gasteiger partial charge in [0.15, 0.2) is 0 Å². The number of sulfonamides is 1. The summed E-state index contributed by atoms with van der Waals surface area (Å²) in [6.45, 7) is 2.23. The van der Waals surface area contributed by atoms with Crippen molar-refractivity contribution in [2.45, 2.75) is 45.2 Å². The van der Waals surface area contributed by atoms with E-state index in [4.69, 9.17) is 11.6 Å². The molecule has 1 N–H and O–H groups in total. The second-order valence-corrected chi connectivity index (χ2v) is 6.82. The molecule has 1 unspecified atom stereocenters. The van der Waals surface area contributed by atoms with Gasteiger partial charge in [0.2, 0.25) is 10.0 Å². The van der Waals surface area contributed by atoms with E-state index in [1.165, 1.54) is 0 Å². The van der Waals surface area contributed by atoms with Gasteiger partial charge in [0.1, 0.15) is 0 Å². The van der Waals surface area contributed by atoms with Gasteiger partial charge in [0, 0.05) is 18.8 Å². The Hall–Kier alpha value is -0.0100. The topological polar surface area (TPSA) is 46.2 Å². The van der Waals surface area contributed by atoms with E-state index in [1.54, 1.807) is 0 Å². The zero-order chi connectivity index (χ0) is 14.9. The van der Waals surface area contributed by atoms with Crippen molar-refractivity contribution in [2.75, 3.05) is 18.2 Å². The van der Waals surface area contributed by atoms with Gasteiger partial charge in [-0.05, 0) is 25.2 Å². The van der Waals surface area contributed by atoms with Gasteiger partial charge in [-0.2, -0.15) is 13.2 Å². The van der Waals surface area contributed by atoms with Crippen molar-refractivity contribution in [1.29, 1.82) is 0 Å². The summed E-state index contributed by atoms with van der Waals surface area (Å²) in [7, 11) is -3.63. The average Bonchev–Trinajstić information content (AvgIpc) is 2.24. The van der Waals surface area contributed by atoms with E-state index < -0.39 is 34.8 Å². The third-order valence-electron chi connectivity index (χ3n) is 2.68. The third-order valence-corrected chi connectivity index (χ3v) is 4.33. The molecule has 19 heavy (non-hydrogen) atoms. The molecule has 0 fully saturated rings. The van der Waals surface area contributed by atoms with Gasteiger partial charge in [0.05, 0.1) is 5.75 Å². The summed E-state index contributed by atoms with van der Waals surface area (Å²) < 4.78 is 61.1. The van der Waals surface area contributed by atoms with Crippen LogP contribution in [0, 0.1) is 5.92 Å². The molecule has 0 aliphatic rings. The maximum absolute atomic E-state index is 11.9. The number of rotatable bonds is 10. The second kappa shape index (κ2) is 9.02. The van der Waals surface area contributed by atoms with Crippen LogP contribution in [0.5, 0.6) is 0 Å². The van der Waals surface area contributed by atoms with Crippen LogP contribution in [0.4, 0.5) is 13.2 Å². The van der Waals surface area contributed by atoms with Crippen LogP contribution in [0.2, 0.25) is 0 Å². The molecule has 0 rings (SSSR count). The molecule has 0 aromatic carbocycles. The highest BCUT2D eigenvalue weighted by molar-refractivity contribution is 7.89. The molecular weight excluding hydrogens is 303 g/mol. The van der Waals surface area contributed by atoms with Gasteiger partial charge in [-0.1, -0.05) is 13.3 Å². The van der Waals surface area contributed by atoms with Crippen molar-refractivity contribution in [3.05, 3.63) is 0 Å². The molecule has 8 heteroatoms. The minimum Gasteiger partial charge on any atom is -0.215 e. The van der Waals surface area contributed by atoms with E-state index >= 15 is 0 Å². The van der Waals surface area contributed by atoms with Crippen LogP contribution in [0.25, 0.3) is 0 Å². The van der Waals surface area contributed by atoms with Crippen molar-refractivity contribution in [3.8, 4) is 0 Å². The monoisotopic (exact) mass is 323 g/mol. The highest BCUT2D eigenvalue weighted by Gasteiger charge is 2.27. The first-order valence-electron chi connectivity index (χ1n) is 6.30. The lowest BCUT2D eigenvalue weighted by Crippen LogP contribution is -2.32. The van der Waals surface area contributed by atoms with Crippen LogP contribution in [-0.4, -0.2) is 32.8 Å². The molecule has 0 aromatic heterocycles. The van der Waals surface area contributed by atoms with Gasteiger partial charge in [-0.25, -0.2) is 13.1 Å². The number of hydrogen-bond donors (Lipinski definition) is 1. The fourth-order valence-corrected chi connectivity index (χ4v) is 3.16. The quantitative estimate of drug-likeness (QED) is 0.627. The summed E-state index contributed by atoms with van der Waals surface area (Å²) in [4.78, 5) is 0. The van der Waals surface area contributed by atoms with Crippen LogP contribution >= 0.6 is 11.6 Å². The zero-order valence-corrected chi connectivity index (χ0v) is 12.5. The SMILES string of the molecule is CCCC(CCCl)CNS(=O)(=O)CCCC(F)(F)F. The largest absolute Gasteiger partial charge is 0.389 e. The molecule has 0 saturated carbocycles. The minimum absolute atomic E-state index is 0.139. The van der Waals surface area contributed by atoms with Crippen LogP contribution in [0.3, 0.4) is 0 Å². The van der Waals surface area contributed by atoms with Crippen LogP contribution in [-0.2, 0) is 10.0 Å². The van der Waals surface area contributed by atoms with Crippen LogP contribution in [0.1, 0.15) is 39.0 Å². The summed E-state index contributed by atoms with van der Waals surface area (Å²) in [5.41, 5.74) is 0. The van der Waals surface area contributed by atoms with E-state index in [1.807, 2.05) is 6.92 Å². The molecule has 0 heterocycles. The van der Waals surface area contributed by atoms with E-state index in [-0.39, 0.29) is 12.5 Å². The van der Waals surface area contributed by atoms with Crippen molar-refractivity contribution >= 4 is 21.6 Å². The molecule has 0 bridgehead atoms. The second-order valence-electron chi connectivity index (χ2n) is 4.52. The van der Waals surface area contributed by atoms with E-state index in [0.717, 1.165) is 12.8 Å². The van der Waals surface area contributed by atoms with Gasteiger partial charge >= 0.3 is 6.18 Å². The highest BCUT2D eigenvalue weighted by Crippen LogP contribution is 2.21. The Morgan fingerprint density at radius 3 is 2.37 bits per heavy atom. The van der Waals surface area contributed by atoms with Gasteiger partial charge in [0.25, 0.3) is 0 Å². The predicted octanol–water partition coefficient (Wildman–Crippen LogP) is 3.29. The Morgan fingerprint density at radius 2 is 1.89 bits per heavy atom. The molecular formula is C11H21ClF3NO2S. The van der Waals surface area contributed by atoms with Gasteiger partial charge < -0.3 is 0 Å². The first-order chi connectivity index (χ1) is 8.70. The smallest absolute Gasteiger partial charge is 0.215 e. The Morgan fingerprint density at radius 1 is 1.26 bits per heavy atom. The van der Waals surface area contributed by atoms with Crippen molar-refractivity contribution in [3.63, 3.8) is 0 Å². The molecule has 0 radical (unpaired) electrons. The zero-order valence-electron chi connectivity index (χ0n) is 11.0. The number of alkyl halides is 4.